The van der Waals surface area contributed by atoms with Crippen LogP contribution in [0, 0.1) is 0 Å². The SMILES string of the molecule is COc1ccc(OC)c([Se-])c1[Se-]. The number of hydrogen-bond acceptors (Lipinski definition) is 2. The molecule has 0 saturated heterocycles. The molecule has 2 nitrogen and oxygen atoms in total. The first-order valence-electron chi connectivity index (χ1n) is 3.29. The van der Waals surface area contributed by atoms with Gasteiger partial charge < -0.3 is 0 Å². The van der Waals surface area contributed by atoms with E-state index in [0.29, 0.717) is 0 Å². The standard InChI is InChI=1S/C8H10O2Se2/c1-9-5-3-4-6(10-2)8(12)7(5)11/h3-4,11-12H,1-2H3/p-2. The van der Waals surface area contributed by atoms with Crippen LogP contribution in [0.2, 0.25) is 0 Å². The van der Waals surface area contributed by atoms with E-state index in [2.05, 4.69) is 32.0 Å². The molecule has 0 atom stereocenters. The van der Waals surface area contributed by atoms with E-state index >= 15 is 0 Å². The van der Waals surface area contributed by atoms with E-state index in [-0.39, 0.29) is 0 Å². The number of methoxy groups -OCH3 is 2. The summed E-state index contributed by atoms with van der Waals surface area (Å²) in [5, 5.41) is 0. The van der Waals surface area contributed by atoms with Crippen LogP contribution < -0.4 is 18.4 Å². The van der Waals surface area contributed by atoms with Crippen molar-refractivity contribution < 1.29 is 9.47 Å². The van der Waals surface area contributed by atoms with Gasteiger partial charge in [-0.3, -0.25) is 0 Å². The van der Waals surface area contributed by atoms with Crippen LogP contribution in [-0.2, 0) is 0 Å². The minimum atomic E-state index is 0.824. The average molecular weight is 294 g/mol. The van der Waals surface area contributed by atoms with Gasteiger partial charge in [0.15, 0.2) is 0 Å². The van der Waals surface area contributed by atoms with Gasteiger partial charge in [0.25, 0.3) is 0 Å². The van der Waals surface area contributed by atoms with Gasteiger partial charge in [-0.25, -0.2) is 0 Å². The van der Waals surface area contributed by atoms with Crippen molar-refractivity contribution in [2.45, 2.75) is 0 Å². The van der Waals surface area contributed by atoms with E-state index in [9.17, 15) is 0 Å². The Morgan fingerprint density at radius 2 is 1.25 bits per heavy atom. The molecular weight excluding hydrogens is 286 g/mol. The molecule has 12 heavy (non-hydrogen) atoms. The molecule has 4 heteroatoms. The molecule has 0 saturated carbocycles. The molecule has 0 bridgehead atoms. The fraction of sp³-hybridized carbons (Fsp3) is 0.250. The maximum atomic E-state index is 5.12. The zero-order valence-corrected chi connectivity index (χ0v) is 10.2. The van der Waals surface area contributed by atoms with Crippen LogP contribution in [0.4, 0.5) is 0 Å². The fourth-order valence-corrected chi connectivity index (χ4v) is 1.91. The number of benzene rings is 1. The molecule has 0 aromatic heterocycles. The van der Waals surface area contributed by atoms with E-state index in [1.165, 1.54) is 0 Å². The average Bonchev–Trinajstić information content (AvgIpc) is 2.10. The van der Waals surface area contributed by atoms with Gasteiger partial charge >= 0.3 is 88.3 Å². The molecular formula is C8H8O2Se2-2. The predicted molar refractivity (Wildman–Crippen MR) is 50.3 cm³/mol. The topological polar surface area (TPSA) is 18.5 Å². The van der Waals surface area contributed by atoms with E-state index < -0.39 is 0 Å². The third-order valence-corrected chi connectivity index (χ3v) is 3.84. The first kappa shape index (κ1) is 9.94. The molecule has 66 valence electrons. The number of ether oxygens (including phenoxy) is 2. The zero-order valence-electron chi connectivity index (χ0n) is 6.79. The van der Waals surface area contributed by atoms with Crippen LogP contribution in [0.1, 0.15) is 0 Å². The van der Waals surface area contributed by atoms with Gasteiger partial charge in [-0.2, -0.15) is 0 Å². The zero-order chi connectivity index (χ0) is 9.14. The minimum absolute atomic E-state index is 0.824. The van der Waals surface area contributed by atoms with Gasteiger partial charge in [0.2, 0.25) is 0 Å². The van der Waals surface area contributed by atoms with Gasteiger partial charge in [-0.1, -0.05) is 0 Å². The van der Waals surface area contributed by atoms with Crippen molar-refractivity contribution in [1.29, 1.82) is 0 Å². The van der Waals surface area contributed by atoms with Crippen molar-refractivity contribution in [1.82, 2.24) is 0 Å². The monoisotopic (exact) mass is 296 g/mol. The molecule has 1 aromatic carbocycles. The second-order valence-electron chi connectivity index (χ2n) is 2.13. The summed E-state index contributed by atoms with van der Waals surface area (Å²) in [4.78, 5) is 0. The summed E-state index contributed by atoms with van der Waals surface area (Å²) in [6.45, 7) is 0. The Labute approximate surface area is 88.3 Å². The van der Waals surface area contributed by atoms with E-state index in [0.717, 1.165) is 20.4 Å². The van der Waals surface area contributed by atoms with Crippen LogP contribution in [-0.4, -0.2) is 46.2 Å². The molecule has 0 spiro atoms. The Morgan fingerprint density at radius 3 is 1.50 bits per heavy atom. The Kier molecular flexibility index (Phi) is 3.48. The summed E-state index contributed by atoms with van der Waals surface area (Å²) in [6.07, 6.45) is 0. The molecule has 1 rings (SSSR count). The first-order chi connectivity index (χ1) is 5.70. The van der Waals surface area contributed by atoms with Crippen molar-refractivity contribution in [3.63, 3.8) is 0 Å². The summed E-state index contributed by atoms with van der Waals surface area (Å²) in [7, 11) is 3.28. The summed E-state index contributed by atoms with van der Waals surface area (Å²) in [5.74, 6) is 1.65. The maximum absolute atomic E-state index is 5.12. The molecule has 0 radical (unpaired) electrons. The molecule has 0 fully saturated rings. The Balaban J connectivity index is 3.20. The van der Waals surface area contributed by atoms with Crippen LogP contribution in [0.5, 0.6) is 11.5 Å². The Hall–Kier alpha value is -0.141. The van der Waals surface area contributed by atoms with Gasteiger partial charge in [0.1, 0.15) is 0 Å². The van der Waals surface area contributed by atoms with Gasteiger partial charge in [0.05, 0.1) is 0 Å². The second-order valence-corrected chi connectivity index (χ2v) is 3.84. The quantitative estimate of drug-likeness (QED) is 0.671. The van der Waals surface area contributed by atoms with Crippen molar-refractivity contribution in [2.75, 3.05) is 14.2 Å². The summed E-state index contributed by atoms with van der Waals surface area (Å²) in [5.41, 5.74) is 0. The normalized spacial score (nSPS) is 9.50. The predicted octanol–water partition coefficient (Wildman–Crippen LogP) is -0.709. The molecule has 0 unspecified atom stereocenters. The Bertz CT molecular complexity index is 258. The van der Waals surface area contributed by atoms with Gasteiger partial charge in [-0.05, 0) is 0 Å². The summed E-state index contributed by atoms with van der Waals surface area (Å²) in [6, 6.07) is 3.73. The molecule has 0 amide bonds. The fourth-order valence-electron chi connectivity index (χ4n) is 0.848. The van der Waals surface area contributed by atoms with Crippen molar-refractivity contribution in [2.24, 2.45) is 0 Å². The van der Waals surface area contributed by atoms with Gasteiger partial charge in [0, 0.05) is 0 Å². The van der Waals surface area contributed by atoms with Crippen LogP contribution >= 0.6 is 0 Å². The first-order valence-corrected chi connectivity index (χ1v) is 5.01. The second kappa shape index (κ2) is 4.20. The molecule has 0 aliphatic heterocycles. The van der Waals surface area contributed by atoms with Crippen molar-refractivity contribution in [3.8, 4) is 11.5 Å². The molecule has 0 aliphatic carbocycles. The van der Waals surface area contributed by atoms with E-state index in [4.69, 9.17) is 9.47 Å². The summed E-state index contributed by atoms with van der Waals surface area (Å²) >= 11 is 5.86. The van der Waals surface area contributed by atoms with Crippen molar-refractivity contribution in [3.05, 3.63) is 12.1 Å². The van der Waals surface area contributed by atoms with E-state index in [1.807, 2.05) is 12.1 Å². The summed E-state index contributed by atoms with van der Waals surface area (Å²) < 4.78 is 12.1. The Morgan fingerprint density at radius 1 is 0.917 bits per heavy atom. The van der Waals surface area contributed by atoms with Gasteiger partial charge in [-0.15, -0.1) is 0 Å². The molecule has 1 aromatic rings. The molecule has 0 heterocycles. The van der Waals surface area contributed by atoms with Crippen LogP contribution in [0.25, 0.3) is 0 Å². The van der Waals surface area contributed by atoms with Crippen LogP contribution in [0.3, 0.4) is 0 Å². The third kappa shape index (κ3) is 1.78. The number of rotatable bonds is 2. The van der Waals surface area contributed by atoms with E-state index in [1.54, 1.807) is 14.2 Å². The van der Waals surface area contributed by atoms with Crippen LogP contribution in [0.15, 0.2) is 12.1 Å². The third-order valence-electron chi connectivity index (χ3n) is 1.48. The molecule has 0 aliphatic rings. The molecule has 0 N–H and O–H groups in total. The number of hydrogen-bond donors (Lipinski definition) is 0. The van der Waals surface area contributed by atoms with Crippen molar-refractivity contribution >= 4 is 40.9 Å².